The van der Waals surface area contributed by atoms with Gasteiger partial charge < -0.3 is 14.3 Å². The Hall–Kier alpha value is -2.98. The van der Waals surface area contributed by atoms with Crippen molar-refractivity contribution in [2.24, 2.45) is 5.92 Å². The second-order valence-corrected chi connectivity index (χ2v) is 10.1. The quantitative estimate of drug-likeness (QED) is 0.578. The smallest absolute Gasteiger partial charge is 0.316 e. The van der Waals surface area contributed by atoms with E-state index in [0.717, 1.165) is 18.6 Å². The van der Waals surface area contributed by atoms with Gasteiger partial charge in [-0.2, -0.15) is 9.29 Å². The molecule has 1 N–H and O–H groups in total. The molecule has 1 aliphatic heterocycles. The highest BCUT2D eigenvalue weighted by molar-refractivity contribution is 7.89. The average Bonchev–Trinajstić information content (AvgIpc) is 3.46. The van der Waals surface area contributed by atoms with Crippen molar-refractivity contribution in [3.63, 3.8) is 0 Å². The van der Waals surface area contributed by atoms with E-state index >= 15 is 0 Å². The standard InChI is InChI=1S/C22H26N4O5S/c1-15-9-11-26(12-10-15)32(28,29)19-7-5-17(6-8-19)20-24-22(31-25-20)21(27)23-16(2)14-18-4-3-13-30-18/h3-8,13,15-16H,9-12,14H2,1-2H3,(H,23,27)/t16-/m0/s1. The molecule has 1 saturated heterocycles. The Kier molecular flexibility index (Phi) is 6.43. The first-order valence-electron chi connectivity index (χ1n) is 10.6. The number of benzene rings is 1. The van der Waals surface area contributed by atoms with E-state index in [1.165, 1.54) is 16.4 Å². The van der Waals surface area contributed by atoms with Gasteiger partial charge in [-0.1, -0.05) is 12.1 Å². The highest BCUT2D eigenvalue weighted by Crippen LogP contribution is 2.25. The third-order valence-electron chi connectivity index (χ3n) is 5.58. The molecule has 170 valence electrons. The van der Waals surface area contributed by atoms with Gasteiger partial charge >= 0.3 is 11.8 Å². The van der Waals surface area contributed by atoms with Crippen molar-refractivity contribution >= 4 is 15.9 Å². The molecular weight excluding hydrogens is 432 g/mol. The summed E-state index contributed by atoms with van der Waals surface area (Å²) < 4.78 is 37.6. The molecule has 1 aromatic carbocycles. The van der Waals surface area contributed by atoms with Crippen molar-refractivity contribution in [3.8, 4) is 11.4 Å². The number of nitrogens with one attached hydrogen (secondary N) is 1. The molecule has 1 amide bonds. The minimum atomic E-state index is -3.53. The lowest BCUT2D eigenvalue weighted by Crippen LogP contribution is -2.37. The van der Waals surface area contributed by atoms with Crippen molar-refractivity contribution in [1.29, 1.82) is 0 Å². The van der Waals surface area contributed by atoms with E-state index in [1.807, 2.05) is 13.0 Å². The first kappa shape index (κ1) is 22.2. The first-order valence-corrected chi connectivity index (χ1v) is 12.0. The maximum atomic E-state index is 12.9. The molecule has 0 aliphatic carbocycles. The molecule has 3 aromatic rings. The molecule has 1 atom stereocenters. The van der Waals surface area contributed by atoms with Gasteiger partial charge in [0.2, 0.25) is 15.8 Å². The predicted octanol–water partition coefficient (Wildman–Crippen LogP) is 3.11. The molecule has 10 heteroatoms. The van der Waals surface area contributed by atoms with Gasteiger partial charge in [-0.25, -0.2) is 8.42 Å². The van der Waals surface area contributed by atoms with Gasteiger partial charge in [0.25, 0.3) is 0 Å². The van der Waals surface area contributed by atoms with Gasteiger partial charge in [0.1, 0.15) is 5.76 Å². The minimum absolute atomic E-state index is 0.162. The highest BCUT2D eigenvalue weighted by atomic mass is 32.2. The van der Waals surface area contributed by atoms with Gasteiger partial charge in [0.15, 0.2) is 0 Å². The number of amides is 1. The summed E-state index contributed by atoms with van der Waals surface area (Å²) in [4.78, 5) is 16.8. The maximum absolute atomic E-state index is 12.9. The summed E-state index contributed by atoms with van der Waals surface area (Å²) in [7, 11) is -3.53. The normalized spacial score (nSPS) is 16.7. The summed E-state index contributed by atoms with van der Waals surface area (Å²) in [5.41, 5.74) is 0.558. The summed E-state index contributed by atoms with van der Waals surface area (Å²) in [5.74, 6) is 0.871. The largest absolute Gasteiger partial charge is 0.469 e. The molecule has 0 bridgehead atoms. The van der Waals surface area contributed by atoms with Crippen LogP contribution in [0.5, 0.6) is 0 Å². The van der Waals surface area contributed by atoms with Crippen LogP contribution in [0.1, 0.15) is 43.1 Å². The monoisotopic (exact) mass is 458 g/mol. The Morgan fingerprint density at radius 2 is 1.94 bits per heavy atom. The number of hydrogen-bond donors (Lipinski definition) is 1. The van der Waals surface area contributed by atoms with Crippen molar-refractivity contribution in [2.75, 3.05) is 13.1 Å². The van der Waals surface area contributed by atoms with Crippen LogP contribution >= 0.6 is 0 Å². The van der Waals surface area contributed by atoms with E-state index < -0.39 is 15.9 Å². The van der Waals surface area contributed by atoms with Crippen molar-refractivity contribution in [2.45, 2.75) is 44.0 Å². The fourth-order valence-corrected chi connectivity index (χ4v) is 5.12. The molecule has 0 radical (unpaired) electrons. The van der Waals surface area contributed by atoms with Crippen LogP contribution in [-0.2, 0) is 16.4 Å². The zero-order valence-electron chi connectivity index (χ0n) is 18.0. The highest BCUT2D eigenvalue weighted by Gasteiger charge is 2.28. The fraction of sp³-hybridized carbons (Fsp3) is 0.409. The van der Waals surface area contributed by atoms with Crippen LogP contribution in [0.15, 0.2) is 56.5 Å². The fourth-order valence-electron chi connectivity index (χ4n) is 3.65. The van der Waals surface area contributed by atoms with Crippen molar-refractivity contribution in [1.82, 2.24) is 19.8 Å². The summed E-state index contributed by atoms with van der Waals surface area (Å²) in [6.07, 6.45) is 3.85. The Bertz CT molecular complexity index is 1150. The predicted molar refractivity (Wildman–Crippen MR) is 116 cm³/mol. The van der Waals surface area contributed by atoms with Crippen molar-refractivity contribution in [3.05, 3.63) is 54.3 Å². The number of carbonyl (C=O) groups is 1. The van der Waals surface area contributed by atoms with Crippen LogP contribution in [0.3, 0.4) is 0 Å². The van der Waals surface area contributed by atoms with Crippen LogP contribution in [0.4, 0.5) is 0 Å². The van der Waals surface area contributed by atoms with Crippen LogP contribution in [0, 0.1) is 5.92 Å². The molecule has 2 aromatic heterocycles. The Labute approximate surface area is 186 Å². The zero-order valence-corrected chi connectivity index (χ0v) is 18.8. The molecule has 1 fully saturated rings. The Morgan fingerprint density at radius 1 is 1.22 bits per heavy atom. The van der Waals surface area contributed by atoms with Gasteiger partial charge in [-0.15, -0.1) is 0 Å². The minimum Gasteiger partial charge on any atom is -0.469 e. The van der Waals surface area contributed by atoms with E-state index in [9.17, 15) is 13.2 Å². The summed E-state index contributed by atoms with van der Waals surface area (Å²) in [5, 5.41) is 6.64. The number of carbonyl (C=O) groups excluding carboxylic acids is 1. The third-order valence-corrected chi connectivity index (χ3v) is 7.49. The van der Waals surface area contributed by atoms with Crippen LogP contribution in [0.25, 0.3) is 11.4 Å². The number of nitrogens with zero attached hydrogens (tertiary/aromatic N) is 3. The first-order chi connectivity index (χ1) is 15.3. The van der Waals surface area contributed by atoms with Crippen LogP contribution in [0.2, 0.25) is 0 Å². The van der Waals surface area contributed by atoms with Gasteiger partial charge in [0, 0.05) is 31.1 Å². The molecule has 9 nitrogen and oxygen atoms in total. The second-order valence-electron chi connectivity index (χ2n) is 8.19. The number of rotatable bonds is 7. The lowest BCUT2D eigenvalue weighted by molar-refractivity contribution is 0.0895. The van der Waals surface area contributed by atoms with Gasteiger partial charge in [-0.05, 0) is 62.1 Å². The summed E-state index contributed by atoms with van der Waals surface area (Å²) in [6, 6.07) is 9.73. The van der Waals surface area contributed by atoms with E-state index in [2.05, 4.69) is 22.4 Å². The number of sulfonamides is 1. The van der Waals surface area contributed by atoms with E-state index in [0.29, 0.717) is 31.0 Å². The van der Waals surface area contributed by atoms with E-state index in [-0.39, 0.29) is 22.7 Å². The second kappa shape index (κ2) is 9.25. The molecule has 4 rings (SSSR count). The molecule has 0 unspecified atom stereocenters. The zero-order chi connectivity index (χ0) is 22.7. The summed E-state index contributed by atoms with van der Waals surface area (Å²) in [6.45, 7) is 5.05. The maximum Gasteiger partial charge on any atom is 0.316 e. The third kappa shape index (κ3) is 4.91. The SMILES string of the molecule is CC1CCN(S(=O)(=O)c2ccc(-c3noc(C(=O)N[C@@H](C)Cc4ccco4)n3)cc2)CC1. The van der Waals surface area contributed by atoms with Crippen molar-refractivity contribution < 1.29 is 22.2 Å². The van der Waals surface area contributed by atoms with E-state index in [4.69, 9.17) is 8.94 Å². The lowest BCUT2D eigenvalue weighted by atomic mass is 10.0. The number of furan rings is 1. The van der Waals surface area contributed by atoms with Gasteiger partial charge in [0.05, 0.1) is 11.2 Å². The number of hydrogen-bond acceptors (Lipinski definition) is 7. The lowest BCUT2D eigenvalue weighted by Gasteiger charge is -2.29. The molecule has 0 spiro atoms. The average molecular weight is 459 g/mol. The Balaban J connectivity index is 1.41. The van der Waals surface area contributed by atoms with Crippen LogP contribution < -0.4 is 5.32 Å². The molecule has 32 heavy (non-hydrogen) atoms. The molecule has 0 saturated carbocycles. The molecule has 3 heterocycles. The topological polar surface area (TPSA) is 119 Å². The van der Waals surface area contributed by atoms with Gasteiger partial charge in [-0.3, -0.25) is 4.79 Å². The number of aromatic nitrogens is 2. The molecule has 1 aliphatic rings. The number of piperidine rings is 1. The van der Waals surface area contributed by atoms with Crippen LogP contribution in [-0.4, -0.2) is 47.9 Å². The van der Waals surface area contributed by atoms with E-state index in [1.54, 1.807) is 24.5 Å². The summed E-state index contributed by atoms with van der Waals surface area (Å²) >= 11 is 0. The Morgan fingerprint density at radius 3 is 2.59 bits per heavy atom. The molecular formula is C22H26N4O5S.